The summed E-state index contributed by atoms with van der Waals surface area (Å²) < 4.78 is 0. The largest absolute Gasteiger partial charge is 0.341 e. The lowest BCUT2D eigenvalue weighted by atomic mass is 10.1. The number of piperidine rings is 1. The number of rotatable bonds is 4. The molecular formula is C16H21Cl2N3O2. The Bertz CT molecular complexity index is 574. The van der Waals surface area contributed by atoms with Crippen LogP contribution in [0, 0.1) is 0 Å². The van der Waals surface area contributed by atoms with E-state index in [-0.39, 0.29) is 18.5 Å². The molecule has 1 aliphatic heterocycles. The molecule has 1 aromatic rings. The predicted molar refractivity (Wildman–Crippen MR) is 91.8 cm³/mol. The third kappa shape index (κ3) is 5.01. The van der Waals surface area contributed by atoms with Crippen LogP contribution in [0.3, 0.4) is 0 Å². The van der Waals surface area contributed by atoms with E-state index in [1.54, 1.807) is 24.1 Å². The average Bonchev–Trinajstić information content (AvgIpc) is 2.57. The fourth-order valence-electron chi connectivity index (χ4n) is 2.54. The van der Waals surface area contributed by atoms with Gasteiger partial charge in [-0.2, -0.15) is 0 Å². The molecule has 0 bridgehead atoms. The normalized spacial score (nSPS) is 14.5. The van der Waals surface area contributed by atoms with Gasteiger partial charge >= 0.3 is 6.03 Å². The summed E-state index contributed by atoms with van der Waals surface area (Å²) in [5.41, 5.74) is 0.763. The van der Waals surface area contributed by atoms with Crippen molar-refractivity contribution < 1.29 is 9.59 Å². The quantitative estimate of drug-likeness (QED) is 0.899. The van der Waals surface area contributed by atoms with E-state index in [0.717, 1.165) is 31.5 Å². The molecule has 23 heavy (non-hydrogen) atoms. The van der Waals surface area contributed by atoms with Crippen molar-refractivity contribution in [2.75, 3.05) is 26.7 Å². The highest BCUT2D eigenvalue weighted by molar-refractivity contribution is 6.42. The molecule has 1 fully saturated rings. The van der Waals surface area contributed by atoms with Gasteiger partial charge in [-0.3, -0.25) is 4.79 Å². The highest BCUT2D eigenvalue weighted by Gasteiger charge is 2.18. The number of amides is 3. The summed E-state index contributed by atoms with van der Waals surface area (Å²) in [7, 11) is 1.65. The van der Waals surface area contributed by atoms with Crippen LogP contribution in [0.1, 0.15) is 24.8 Å². The summed E-state index contributed by atoms with van der Waals surface area (Å²) in [6.07, 6.45) is 3.24. The molecular weight excluding hydrogens is 337 g/mol. The molecule has 1 heterocycles. The maximum absolute atomic E-state index is 12.1. The molecule has 1 aliphatic rings. The van der Waals surface area contributed by atoms with Gasteiger partial charge in [0.15, 0.2) is 0 Å². The van der Waals surface area contributed by atoms with Crippen LogP contribution in [-0.4, -0.2) is 48.4 Å². The molecule has 0 spiro atoms. The molecule has 1 aromatic carbocycles. The van der Waals surface area contributed by atoms with E-state index >= 15 is 0 Å². The van der Waals surface area contributed by atoms with Crippen LogP contribution in [0.15, 0.2) is 18.2 Å². The Balaban J connectivity index is 1.82. The van der Waals surface area contributed by atoms with Crippen molar-refractivity contribution in [3.63, 3.8) is 0 Å². The second-order valence-electron chi connectivity index (χ2n) is 5.67. The number of urea groups is 1. The van der Waals surface area contributed by atoms with Gasteiger partial charge in [0, 0.05) is 26.7 Å². The lowest BCUT2D eigenvalue weighted by Crippen LogP contribution is -2.45. The van der Waals surface area contributed by atoms with Crippen molar-refractivity contribution in [3.05, 3.63) is 33.8 Å². The van der Waals surface area contributed by atoms with Crippen molar-refractivity contribution in [3.8, 4) is 0 Å². The van der Waals surface area contributed by atoms with Gasteiger partial charge in [-0.25, -0.2) is 4.79 Å². The third-order valence-corrected chi connectivity index (χ3v) is 4.74. The van der Waals surface area contributed by atoms with Crippen molar-refractivity contribution >= 4 is 35.1 Å². The van der Waals surface area contributed by atoms with E-state index in [2.05, 4.69) is 5.32 Å². The topological polar surface area (TPSA) is 52.7 Å². The zero-order valence-corrected chi connectivity index (χ0v) is 14.7. The fourth-order valence-corrected chi connectivity index (χ4v) is 2.92. The number of halogens is 2. The maximum atomic E-state index is 12.1. The van der Waals surface area contributed by atoms with E-state index in [0.29, 0.717) is 16.6 Å². The van der Waals surface area contributed by atoms with Gasteiger partial charge in [0.25, 0.3) is 0 Å². The van der Waals surface area contributed by atoms with Gasteiger partial charge in [-0.1, -0.05) is 35.3 Å². The second kappa shape index (κ2) is 8.41. The smallest absolute Gasteiger partial charge is 0.317 e. The van der Waals surface area contributed by atoms with Crippen LogP contribution in [0.5, 0.6) is 0 Å². The Hall–Kier alpha value is -1.46. The standard InChI is InChI=1S/C16H21Cl2N3O2/c1-20(11-12-6-5-7-13(17)15(12)18)16(23)19-10-14(22)21-8-3-2-4-9-21/h5-7H,2-4,8-11H2,1H3,(H,19,23). The number of nitrogens with one attached hydrogen (secondary N) is 1. The molecule has 2 rings (SSSR count). The third-order valence-electron chi connectivity index (χ3n) is 3.89. The highest BCUT2D eigenvalue weighted by Crippen LogP contribution is 2.26. The first kappa shape index (κ1) is 17.9. The molecule has 1 N–H and O–H groups in total. The van der Waals surface area contributed by atoms with Crippen molar-refractivity contribution in [2.24, 2.45) is 0 Å². The predicted octanol–water partition coefficient (Wildman–Crippen LogP) is 3.15. The SMILES string of the molecule is CN(Cc1cccc(Cl)c1Cl)C(=O)NCC(=O)N1CCCCC1. The molecule has 0 atom stereocenters. The van der Waals surface area contributed by atoms with Crippen LogP contribution in [-0.2, 0) is 11.3 Å². The minimum absolute atomic E-state index is 0.0203. The lowest BCUT2D eigenvalue weighted by molar-refractivity contribution is -0.130. The van der Waals surface area contributed by atoms with Crippen LogP contribution in [0.25, 0.3) is 0 Å². The Morgan fingerprint density at radius 2 is 1.91 bits per heavy atom. The number of nitrogens with zero attached hydrogens (tertiary/aromatic N) is 2. The Morgan fingerprint density at radius 1 is 1.22 bits per heavy atom. The van der Waals surface area contributed by atoms with Crippen molar-refractivity contribution in [2.45, 2.75) is 25.8 Å². The Labute approximate surface area is 146 Å². The van der Waals surface area contributed by atoms with Crippen molar-refractivity contribution in [1.82, 2.24) is 15.1 Å². The van der Waals surface area contributed by atoms with Crippen LogP contribution < -0.4 is 5.32 Å². The van der Waals surface area contributed by atoms with Gasteiger partial charge in [0.1, 0.15) is 0 Å². The fraction of sp³-hybridized carbons (Fsp3) is 0.500. The molecule has 0 radical (unpaired) electrons. The number of likely N-dealkylation sites (tertiary alicyclic amines) is 1. The Morgan fingerprint density at radius 3 is 2.61 bits per heavy atom. The minimum Gasteiger partial charge on any atom is -0.341 e. The summed E-state index contributed by atoms with van der Waals surface area (Å²) >= 11 is 12.1. The number of carbonyl (C=O) groups excluding carboxylic acids is 2. The zero-order chi connectivity index (χ0) is 16.8. The van der Waals surface area contributed by atoms with Crippen molar-refractivity contribution in [1.29, 1.82) is 0 Å². The molecule has 0 unspecified atom stereocenters. The van der Waals surface area contributed by atoms with Gasteiger partial charge in [0.2, 0.25) is 5.91 Å². The first-order chi connectivity index (χ1) is 11.0. The summed E-state index contributed by atoms with van der Waals surface area (Å²) in [4.78, 5) is 27.4. The first-order valence-corrected chi connectivity index (χ1v) is 8.44. The number of hydrogen-bond acceptors (Lipinski definition) is 2. The molecule has 0 saturated carbocycles. The van der Waals surface area contributed by atoms with Crippen LogP contribution in [0.2, 0.25) is 10.0 Å². The van der Waals surface area contributed by atoms with E-state index in [4.69, 9.17) is 23.2 Å². The van der Waals surface area contributed by atoms with Gasteiger partial charge in [-0.15, -0.1) is 0 Å². The number of hydrogen-bond donors (Lipinski definition) is 1. The molecule has 3 amide bonds. The minimum atomic E-state index is -0.314. The summed E-state index contributed by atoms with van der Waals surface area (Å²) in [6.45, 7) is 1.90. The average molecular weight is 358 g/mol. The molecule has 0 aliphatic carbocycles. The second-order valence-corrected chi connectivity index (χ2v) is 6.45. The number of benzene rings is 1. The first-order valence-electron chi connectivity index (χ1n) is 7.68. The maximum Gasteiger partial charge on any atom is 0.317 e. The van der Waals surface area contributed by atoms with E-state index in [1.165, 1.54) is 11.3 Å². The van der Waals surface area contributed by atoms with E-state index < -0.39 is 0 Å². The molecule has 5 nitrogen and oxygen atoms in total. The number of carbonyl (C=O) groups is 2. The van der Waals surface area contributed by atoms with E-state index in [1.807, 2.05) is 6.07 Å². The van der Waals surface area contributed by atoms with E-state index in [9.17, 15) is 9.59 Å². The molecule has 0 aromatic heterocycles. The lowest BCUT2D eigenvalue weighted by Gasteiger charge is -2.27. The summed E-state index contributed by atoms with van der Waals surface area (Å²) in [5, 5.41) is 3.55. The summed E-state index contributed by atoms with van der Waals surface area (Å²) in [5.74, 6) is -0.0350. The van der Waals surface area contributed by atoms with Gasteiger partial charge in [-0.05, 0) is 30.9 Å². The molecule has 7 heteroatoms. The highest BCUT2D eigenvalue weighted by atomic mass is 35.5. The molecule has 1 saturated heterocycles. The van der Waals surface area contributed by atoms with Crippen LogP contribution >= 0.6 is 23.2 Å². The Kier molecular flexibility index (Phi) is 6.54. The molecule has 126 valence electrons. The summed E-state index contributed by atoms with van der Waals surface area (Å²) in [6, 6.07) is 4.99. The zero-order valence-electron chi connectivity index (χ0n) is 13.1. The monoisotopic (exact) mass is 357 g/mol. The van der Waals surface area contributed by atoms with Gasteiger partial charge in [0.05, 0.1) is 16.6 Å². The van der Waals surface area contributed by atoms with Gasteiger partial charge < -0.3 is 15.1 Å². The van der Waals surface area contributed by atoms with Crippen LogP contribution in [0.4, 0.5) is 4.79 Å².